The van der Waals surface area contributed by atoms with Gasteiger partial charge in [-0.3, -0.25) is 4.79 Å². The lowest BCUT2D eigenvalue weighted by atomic mass is 9.90. The Morgan fingerprint density at radius 3 is 2.47 bits per heavy atom. The molecule has 0 bridgehead atoms. The van der Waals surface area contributed by atoms with E-state index in [4.69, 9.17) is 0 Å². The number of nitrogens with one attached hydrogen (secondary N) is 1. The first-order valence-corrected chi connectivity index (χ1v) is 8.56. The summed E-state index contributed by atoms with van der Waals surface area (Å²) in [5.41, 5.74) is 0.899. The summed E-state index contributed by atoms with van der Waals surface area (Å²) in [5.74, 6) is -0.0577. The summed E-state index contributed by atoms with van der Waals surface area (Å²) in [6.45, 7) is 7.19. The average molecular weight is 456 g/mol. The van der Waals surface area contributed by atoms with Crippen LogP contribution in [0.15, 0.2) is 27.1 Å². The van der Waals surface area contributed by atoms with Crippen LogP contribution < -0.4 is 5.32 Å². The zero-order valence-electron chi connectivity index (χ0n) is 11.3. The molecule has 1 aromatic rings. The molecule has 1 N–H and O–H groups in total. The Kier molecular flexibility index (Phi) is 6.54. The molecule has 1 aromatic carbocycles. The first-order chi connectivity index (χ1) is 8.69. The molecule has 1 atom stereocenters. The van der Waals surface area contributed by atoms with Gasteiger partial charge in [-0.15, -0.1) is 0 Å². The van der Waals surface area contributed by atoms with Crippen molar-refractivity contribution in [3.63, 3.8) is 0 Å². The molecule has 0 aliphatic heterocycles. The second-order valence-electron chi connectivity index (χ2n) is 5.70. The predicted molar refractivity (Wildman–Crippen MR) is 91.0 cm³/mol. The summed E-state index contributed by atoms with van der Waals surface area (Å²) in [7, 11) is 0. The molecule has 0 heterocycles. The maximum Gasteiger partial charge on any atom is 0.252 e. The third-order valence-corrected chi connectivity index (χ3v) is 4.29. The Bertz CT molecular complexity index is 454. The van der Waals surface area contributed by atoms with E-state index in [2.05, 4.69) is 73.9 Å². The zero-order valence-corrected chi connectivity index (χ0v) is 16.0. The van der Waals surface area contributed by atoms with E-state index in [1.807, 2.05) is 12.1 Å². The van der Waals surface area contributed by atoms with Crippen LogP contribution in [0.3, 0.4) is 0 Å². The summed E-state index contributed by atoms with van der Waals surface area (Å²) in [5, 5.41) is 2.95. The highest BCUT2D eigenvalue weighted by atomic mass is 79.9. The van der Waals surface area contributed by atoms with Crippen LogP contribution in [0, 0.1) is 5.41 Å². The topological polar surface area (TPSA) is 29.1 Å². The van der Waals surface area contributed by atoms with Gasteiger partial charge in [-0.1, -0.05) is 52.6 Å². The van der Waals surface area contributed by atoms with Crippen LogP contribution in [0.2, 0.25) is 0 Å². The molecule has 0 aliphatic rings. The SMILES string of the molecule is CC(C)(C)CC(Br)CNC(=O)c1ccc(Br)cc1Br. The molecule has 0 spiro atoms. The largest absolute Gasteiger partial charge is 0.351 e. The summed E-state index contributed by atoms with van der Waals surface area (Å²) in [6, 6.07) is 5.53. The number of carbonyl (C=O) groups excluding carboxylic acids is 1. The number of amides is 1. The van der Waals surface area contributed by atoms with Crippen LogP contribution in [0.1, 0.15) is 37.6 Å². The second-order valence-corrected chi connectivity index (χ2v) is 8.76. The van der Waals surface area contributed by atoms with E-state index in [9.17, 15) is 4.79 Å². The third-order valence-electron chi connectivity index (χ3n) is 2.49. The zero-order chi connectivity index (χ0) is 14.6. The van der Waals surface area contributed by atoms with Crippen molar-refractivity contribution in [3.8, 4) is 0 Å². The number of carbonyl (C=O) groups is 1. The van der Waals surface area contributed by atoms with Gasteiger partial charge in [-0.25, -0.2) is 0 Å². The first-order valence-electron chi connectivity index (χ1n) is 6.06. The van der Waals surface area contributed by atoms with Crippen LogP contribution in [0.4, 0.5) is 0 Å². The lowest BCUT2D eigenvalue weighted by Crippen LogP contribution is -2.31. The Balaban J connectivity index is 2.56. The average Bonchev–Trinajstić information content (AvgIpc) is 2.23. The quantitative estimate of drug-likeness (QED) is 0.625. The monoisotopic (exact) mass is 453 g/mol. The van der Waals surface area contributed by atoms with Crippen molar-refractivity contribution in [3.05, 3.63) is 32.7 Å². The Morgan fingerprint density at radius 1 is 1.32 bits per heavy atom. The standard InChI is InChI=1S/C14H18Br3NO/c1-14(2,3)7-10(16)8-18-13(19)11-5-4-9(15)6-12(11)17/h4-6,10H,7-8H2,1-3H3,(H,18,19). The number of alkyl halides is 1. The van der Waals surface area contributed by atoms with Gasteiger partial charge in [-0.05, 0) is 46.0 Å². The molecule has 0 fully saturated rings. The molecule has 0 radical (unpaired) electrons. The van der Waals surface area contributed by atoms with Gasteiger partial charge in [0.15, 0.2) is 0 Å². The van der Waals surface area contributed by atoms with Gasteiger partial charge in [-0.2, -0.15) is 0 Å². The summed E-state index contributed by atoms with van der Waals surface area (Å²) < 4.78 is 1.74. The summed E-state index contributed by atoms with van der Waals surface area (Å²) >= 11 is 10.4. The molecule has 0 saturated heterocycles. The molecule has 2 nitrogen and oxygen atoms in total. The first kappa shape index (κ1) is 17.2. The molecule has 5 heteroatoms. The van der Waals surface area contributed by atoms with Gasteiger partial charge in [0, 0.05) is 20.3 Å². The van der Waals surface area contributed by atoms with Crippen molar-refractivity contribution in [1.29, 1.82) is 0 Å². The highest BCUT2D eigenvalue weighted by Crippen LogP contribution is 2.25. The van der Waals surface area contributed by atoms with Crippen molar-refractivity contribution >= 4 is 53.7 Å². The molecular weight excluding hydrogens is 438 g/mol. The van der Waals surface area contributed by atoms with Crippen molar-refractivity contribution in [2.45, 2.75) is 32.0 Å². The number of hydrogen-bond donors (Lipinski definition) is 1. The highest BCUT2D eigenvalue weighted by Gasteiger charge is 2.18. The van der Waals surface area contributed by atoms with Crippen LogP contribution in [-0.4, -0.2) is 17.3 Å². The smallest absolute Gasteiger partial charge is 0.252 e. The Labute approximate surface area is 140 Å². The molecule has 0 aromatic heterocycles. The molecule has 106 valence electrons. The van der Waals surface area contributed by atoms with Gasteiger partial charge < -0.3 is 5.32 Å². The fraction of sp³-hybridized carbons (Fsp3) is 0.500. The van der Waals surface area contributed by atoms with Gasteiger partial charge in [0.25, 0.3) is 5.91 Å². The fourth-order valence-electron chi connectivity index (χ4n) is 1.71. The van der Waals surface area contributed by atoms with E-state index in [1.54, 1.807) is 6.07 Å². The van der Waals surface area contributed by atoms with Crippen LogP contribution in [0.25, 0.3) is 0 Å². The molecule has 1 unspecified atom stereocenters. The van der Waals surface area contributed by atoms with E-state index in [0.717, 1.165) is 15.4 Å². The molecule has 19 heavy (non-hydrogen) atoms. The van der Waals surface area contributed by atoms with Crippen molar-refractivity contribution < 1.29 is 4.79 Å². The minimum absolute atomic E-state index is 0.0577. The van der Waals surface area contributed by atoms with Crippen molar-refractivity contribution in [2.75, 3.05) is 6.54 Å². The van der Waals surface area contributed by atoms with Crippen LogP contribution in [0.5, 0.6) is 0 Å². The number of hydrogen-bond acceptors (Lipinski definition) is 1. The summed E-state index contributed by atoms with van der Waals surface area (Å²) in [4.78, 5) is 12.4. The van der Waals surface area contributed by atoms with E-state index in [-0.39, 0.29) is 16.1 Å². The maximum atomic E-state index is 12.1. The number of benzene rings is 1. The molecule has 0 saturated carbocycles. The Morgan fingerprint density at radius 2 is 1.95 bits per heavy atom. The van der Waals surface area contributed by atoms with Gasteiger partial charge in [0.1, 0.15) is 0 Å². The Hall–Kier alpha value is 0.130. The highest BCUT2D eigenvalue weighted by molar-refractivity contribution is 9.11. The van der Waals surface area contributed by atoms with E-state index < -0.39 is 0 Å². The van der Waals surface area contributed by atoms with Crippen molar-refractivity contribution in [1.82, 2.24) is 5.32 Å². The number of halogens is 3. The van der Waals surface area contributed by atoms with Gasteiger partial charge >= 0.3 is 0 Å². The van der Waals surface area contributed by atoms with E-state index in [0.29, 0.717) is 12.1 Å². The van der Waals surface area contributed by atoms with Crippen LogP contribution in [-0.2, 0) is 0 Å². The predicted octanol–water partition coefficient (Wildman–Crippen LogP) is 5.14. The summed E-state index contributed by atoms with van der Waals surface area (Å²) in [6.07, 6.45) is 1.01. The fourth-order valence-corrected chi connectivity index (χ4v) is 4.07. The molecule has 0 aliphatic carbocycles. The lowest BCUT2D eigenvalue weighted by Gasteiger charge is -2.22. The third kappa shape index (κ3) is 6.41. The minimum Gasteiger partial charge on any atom is -0.351 e. The normalized spacial score (nSPS) is 13.2. The maximum absolute atomic E-state index is 12.1. The molecule has 1 amide bonds. The second kappa shape index (κ2) is 7.23. The molecule has 1 rings (SSSR count). The minimum atomic E-state index is -0.0577. The van der Waals surface area contributed by atoms with Gasteiger partial charge in [0.05, 0.1) is 5.56 Å². The van der Waals surface area contributed by atoms with Gasteiger partial charge in [0.2, 0.25) is 0 Å². The number of rotatable bonds is 4. The van der Waals surface area contributed by atoms with E-state index in [1.165, 1.54) is 0 Å². The van der Waals surface area contributed by atoms with Crippen LogP contribution >= 0.6 is 47.8 Å². The molecular formula is C14H18Br3NO. The lowest BCUT2D eigenvalue weighted by molar-refractivity contribution is 0.0951. The van der Waals surface area contributed by atoms with Crippen molar-refractivity contribution in [2.24, 2.45) is 5.41 Å². The van der Waals surface area contributed by atoms with E-state index >= 15 is 0 Å².